The van der Waals surface area contributed by atoms with Gasteiger partial charge in [-0.3, -0.25) is 16.0 Å². The van der Waals surface area contributed by atoms with Gasteiger partial charge in [0.05, 0.1) is 6.17 Å². The summed E-state index contributed by atoms with van der Waals surface area (Å²) < 4.78 is 0. The normalized spacial score (nSPS) is 32.5. The molecule has 0 fully saturated rings. The molecule has 0 spiro atoms. The molecule has 2 atom stereocenters. The summed E-state index contributed by atoms with van der Waals surface area (Å²) in [6, 6.07) is 0. The van der Waals surface area contributed by atoms with Crippen molar-refractivity contribution in [2.75, 3.05) is 0 Å². The summed E-state index contributed by atoms with van der Waals surface area (Å²) in [4.78, 5) is 4.04. The maximum atomic E-state index is 5.86. The minimum absolute atomic E-state index is 0.180. The van der Waals surface area contributed by atoms with Gasteiger partial charge in [-0.1, -0.05) is 0 Å². The number of nitrogens with zero attached hydrogens (tertiary/aromatic N) is 1. The summed E-state index contributed by atoms with van der Waals surface area (Å²) >= 11 is 0. The van der Waals surface area contributed by atoms with Crippen LogP contribution in [0.1, 0.15) is 6.42 Å². The molecule has 13 heavy (non-hydrogen) atoms. The number of aliphatic imine (C=N–C) groups is 1. The summed E-state index contributed by atoms with van der Waals surface area (Å²) in [7, 11) is 0. The maximum absolute atomic E-state index is 5.86. The third-order valence-corrected chi connectivity index (χ3v) is 2.14. The lowest BCUT2D eigenvalue weighted by Gasteiger charge is -2.30. The molecule has 0 aliphatic carbocycles. The monoisotopic (exact) mass is 179 g/mol. The maximum Gasteiger partial charge on any atom is 0.131 e. The van der Waals surface area contributed by atoms with Crippen molar-refractivity contribution < 1.29 is 0 Å². The number of nitrogens with two attached hydrogens (primary N) is 2. The standard InChI is InChI=1S/C8H13N5/c9-7-5-1-3-11-4-2-6(5)12-8(10)13-7/h2-4,7-8,12-13H,1,9-10H2. The van der Waals surface area contributed by atoms with Crippen molar-refractivity contribution >= 4 is 6.21 Å². The molecule has 2 aliphatic rings. The lowest BCUT2D eigenvalue weighted by atomic mass is 10.1. The van der Waals surface area contributed by atoms with Gasteiger partial charge in [0.1, 0.15) is 6.29 Å². The minimum atomic E-state index is -0.281. The van der Waals surface area contributed by atoms with Gasteiger partial charge in [0.2, 0.25) is 0 Å². The third-order valence-electron chi connectivity index (χ3n) is 2.14. The van der Waals surface area contributed by atoms with Crippen molar-refractivity contribution in [3.05, 3.63) is 23.5 Å². The van der Waals surface area contributed by atoms with Gasteiger partial charge >= 0.3 is 0 Å². The van der Waals surface area contributed by atoms with Crippen molar-refractivity contribution in [1.82, 2.24) is 10.6 Å². The fraction of sp³-hybridized carbons (Fsp3) is 0.375. The smallest absolute Gasteiger partial charge is 0.131 e. The Morgan fingerprint density at radius 3 is 3.15 bits per heavy atom. The second-order valence-electron chi connectivity index (χ2n) is 3.06. The Morgan fingerprint density at radius 2 is 2.31 bits per heavy atom. The number of hydrogen-bond donors (Lipinski definition) is 4. The van der Waals surface area contributed by atoms with E-state index in [4.69, 9.17) is 11.5 Å². The molecule has 0 saturated heterocycles. The predicted octanol–water partition coefficient (Wildman–Crippen LogP) is -1.05. The van der Waals surface area contributed by atoms with Crippen molar-refractivity contribution in [3.8, 4) is 0 Å². The molecule has 5 heteroatoms. The van der Waals surface area contributed by atoms with Gasteiger partial charge < -0.3 is 11.1 Å². The molecular formula is C8H13N5. The van der Waals surface area contributed by atoms with E-state index in [0.29, 0.717) is 0 Å². The van der Waals surface area contributed by atoms with E-state index in [9.17, 15) is 0 Å². The van der Waals surface area contributed by atoms with E-state index in [2.05, 4.69) is 15.6 Å². The summed E-state index contributed by atoms with van der Waals surface area (Å²) in [5, 5.41) is 6.09. The Bertz CT molecular complexity index is 291. The summed E-state index contributed by atoms with van der Waals surface area (Å²) in [5.74, 6) is 0. The SMILES string of the molecule is NC1NC2=C(CC=NC=C2)C(N)N1. The molecule has 0 aromatic heterocycles. The number of rotatable bonds is 0. The van der Waals surface area contributed by atoms with E-state index >= 15 is 0 Å². The zero-order chi connectivity index (χ0) is 9.26. The molecule has 6 N–H and O–H groups in total. The van der Waals surface area contributed by atoms with Gasteiger partial charge in [0.25, 0.3) is 0 Å². The van der Waals surface area contributed by atoms with Crippen molar-refractivity contribution in [2.24, 2.45) is 16.5 Å². The zero-order valence-corrected chi connectivity index (χ0v) is 7.20. The van der Waals surface area contributed by atoms with Crippen LogP contribution in [0.5, 0.6) is 0 Å². The van der Waals surface area contributed by atoms with Crippen LogP contribution < -0.4 is 22.1 Å². The molecule has 0 radical (unpaired) electrons. The van der Waals surface area contributed by atoms with E-state index in [0.717, 1.165) is 17.7 Å². The molecule has 70 valence electrons. The molecule has 0 bridgehead atoms. The first-order chi connectivity index (χ1) is 6.27. The van der Waals surface area contributed by atoms with E-state index in [1.165, 1.54) is 0 Å². The molecule has 5 nitrogen and oxygen atoms in total. The van der Waals surface area contributed by atoms with E-state index in [-0.39, 0.29) is 12.5 Å². The molecule has 0 saturated carbocycles. The molecule has 0 aromatic carbocycles. The van der Waals surface area contributed by atoms with Gasteiger partial charge in [-0.15, -0.1) is 0 Å². The molecular weight excluding hydrogens is 166 g/mol. The third kappa shape index (κ3) is 1.62. The number of nitrogens with one attached hydrogen (secondary N) is 2. The lowest BCUT2D eigenvalue weighted by Crippen LogP contribution is -2.60. The molecule has 2 rings (SSSR count). The van der Waals surface area contributed by atoms with E-state index in [1.807, 2.05) is 12.3 Å². The Balaban J connectivity index is 2.31. The van der Waals surface area contributed by atoms with Crippen LogP contribution in [0.4, 0.5) is 0 Å². The van der Waals surface area contributed by atoms with Crippen LogP contribution in [0.25, 0.3) is 0 Å². The van der Waals surface area contributed by atoms with Crippen LogP contribution in [0.2, 0.25) is 0 Å². The predicted molar refractivity (Wildman–Crippen MR) is 51.5 cm³/mol. The van der Waals surface area contributed by atoms with Crippen molar-refractivity contribution in [2.45, 2.75) is 18.9 Å². The second-order valence-corrected chi connectivity index (χ2v) is 3.06. The topological polar surface area (TPSA) is 88.5 Å². The van der Waals surface area contributed by atoms with Crippen molar-refractivity contribution in [3.63, 3.8) is 0 Å². The Labute approximate surface area is 76.6 Å². The highest BCUT2D eigenvalue weighted by Crippen LogP contribution is 2.15. The second kappa shape index (κ2) is 3.29. The highest BCUT2D eigenvalue weighted by molar-refractivity contribution is 5.64. The average Bonchev–Trinajstić information content (AvgIpc) is 2.28. The number of hydrogen-bond acceptors (Lipinski definition) is 5. The Morgan fingerprint density at radius 1 is 1.46 bits per heavy atom. The summed E-state index contributed by atoms with van der Waals surface area (Å²) in [6.45, 7) is 0. The summed E-state index contributed by atoms with van der Waals surface area (Å²) in [6.07, 6.45) is 5.76. The van der Waals surface area contributed by atoms with E-state index in [1.54, 1.807) is 6.20 Å². The van der Waals surface area contributed by atoms with Crippen molar-refractivity contribution in [1.29, 1.82) is 0 Å². The van der Waals surface area contributed by atoms with Gasteiger partial charge in [0.15, 0.2) is 0 Å². The quantitative estimate of drug-likeness (QED) is 0.382. The Kier molecular flexibility index (Phi) is 2.13. The van der Waals surface area contributed by atoms with E-state index < -0.39 is 0 Å². The van der Waals surface area contributed by atoms with Crippen LogP contribution in [0.3, 0.4) is 0 Å². The molecule has 0 aromatic rings. The fourth-order valence-electron chi connectivity index (χ4n) is 1.49. The first-order valence-electron chi connectivity index (χ1n) is 4.22. The average molecular weight is 179 g/mol. The Hall–Kier alpha value is -1.17. The first-order valence-corrected chi connectivity index (χ1v) is 4.22. The molecule has 2 aliphatic heterocycles. The molecule has 2 unspecified atom stereocenters. The summed E-state index contributed by atoms with van der Waals surface area (Å²) in [5.41, 5.74) is 13.6. The fourth-order valence-corrected chi connectivity index (χ4v) is 1.49. The molecule has 2 heterocycles. The largest absolute Gasteiger partial charge is 0.358 e. The van der Waals surface area contributed by atoms with Gasteiger partial charge in [0, 0.05) is 24.5 Å². The zero-order valence-electron chi connectivity index (χ0n) is 7.20. The lowest BCUT2D eigenvalue weighted by molar-refractivity contribution is 0.401. The minimum Gasteiger partial charge on any atom is -0.358 e. The highest BCUT2D eigenvalue weighted by atomic mass is 15.3. The van der Waals surface area contributed by atoms with Crippen LogP contribution >= 0.6 is 0 Å². The molecule has 0 amide bonds. The van der Waals surface area contributed by atoms with Crippen LogP contribution in [-0.2, 0) is 0 Å². The van der Waals surface area contributed by atoms with Gasteiger partial charge in [-0.2, -0.15) is 0 Å². The van der Waals surface area contributed by atoms with Crippen LogP contribution in [0.15, 0.2) is 28.5 Å². The van der Waals surface area contributed by atoms with Crippen LogP contribution in [0, 0.1) is 0 Å². The van der Waals surface area contributed by atoms with Crippen LogP contribution in [-0.4, -0.2) is 18.7 Å². The van der Waals surface area contributed by atoms with Gasteiger partial charge in [-0.25, -0.2) is 0 Å². The highest BCUT2D eigenvalue weighted by Gasteiger charge is 2.21. The number of allylic oxidation sites excluding steroid dienone is 1. The first kappa shape index (κ1) is 8.43. The van der Waals surface area contributed by atoms with Gasteiger partial charge in [-0.05, 0) is 11.6 Å².